The van der Waals surface area contributed by atoms with Crippen LogP contribution < -0.4 is 10.2 Å². The number of carbonyl (C=O) groups is 1. The number of hydrazone groups is 1. The summed E-state index contributed by atoms with van der Waals surface area (Å²) in [4.78, 5) is 21.7. The van der Waals surface area contributed by atoms with Crippen LogP contribution in [0.15, 0.2) is 47.6 Å². The Morgan fingerprint density at radius 2 is 1.92 bits per heavy atom. The van der Waals surface area contributed by atoms with Crippen molar-refractivity contribution >= 4 is 17.8 Å². The quantitative estimate of drug-likeness (QED) is 0.501. The summed E-state index contributed by atoms with van der Waals surface area (Å²) in [6, 6.07) is 11.4. The van der Waals surface area contributed by atoms with Gasteiger partial charge in [0.05, 0.1) is 11.1 Å². The van der Waals surface area contributed by atoms with Crippen molar-refractivity contribution in [3.05, 3.63) is 69.3 Å². The lowest BCUT2D eigenvalue weighted by Gasteiger charge is -2.07. The van der Waals surface area contributed by atoms with Crippen molar-refractivity contribution in [3.8, 4) is 5.75 Å². The summed E-state index contributed by atoms with van der Waals surface area (Å²) < 4.78 is 5.39. The van der Waals surface area contributed by atoms with Crippen LogP contribution in [-0.4, -0.2) is 23.7 Å². The van der Waals surface area contributed by atoms with Crippen molar-refractivity contribution in [3.63, 3.8) is 0 Å². The molecule has 2 aromatic rings. The molecule has 0 unspecified atom stereocenters. The van der Waals surface area contributed by atoms with E-state index in [-0.39, 0.29) is 12.3 Å². The fourth-order valence-electron chi connectivity index (χ4n) is 1.85. The van der Waals surface area contributed by atoms with Gasteiger partial charge in [-0.2, -0.15) is 5.10 Å². The lowest BCUT2D eigenvalue weighted by Crippen LogP contribution is -2.24. The Morgan fingerprint density at radius 3 is 2.54 bits per heavy atom. The summed E-state index contributed by atoms with van der Waals surface area (Å²) in [6.07, 6.45) is 1.40. The molecule has 0 aromatic heterocycles. The zero-order chi connectivity index (χ0) is 17.5. The molecule has 0 heterocycles. The van der Waals surface area contributed by atoms with Gasteiger partial charge in [-0.05, 0) is 54.8 Å². The highest BCUT2D eigenvalue weighted by atomic mass is 16.6. The third-order valence-corrected chi connectivity index (χ3v) is 3.36. The van der Waals surface area contributed by atoms with Crippen molar-refractivity contribution in [2.75, 3.05) is 6.61 Å². The first-order valence-corrected chi connectivity index (χ1v) is 7.22. The second-order valence-corrected chi connectivity index (χ2v) is 5.18. The van der Waals surface area contributed by atoms with Crippen LogP contribution in [0.1, 0.15) is 16.7 Å². The molecule has 0 saturated carbocycles. The molecule has 24 heavy (non-hydrogen) atoms. The zero-order valence-electron chi connectivity index (χ0n) is 13.4. The van der Waals surface area contributed by atoms with Crippen molar-refractivity contribution < 1.29 is 14.5 Å². The molecule has 7 heteroatoms. The highest BCUT2D eigenvalue weighted by Gasteiger charge is 2.04. The third-order valence-electron chi connectivity index (χ3n) is 3.36. The molecule has 0 aliphatic heterocycles. The van der Waals surface area contributed by atoms with E-state index in [1.807, 2.05) is 26.0 Å². The highest BCUT2D eigenvalue weighted by molar-refractivity contribution is 5.83. The zero-order valence-corrected chi connectivity index (χ0v) is 13.4. The van der Waals surface area contributed by atoms with Gasteiger partial charge in [0.2, 0.25) is 0 Å². The van der Waals surface area contributed by atoms with E-state index in [0.717, 1.165) is 11.1 Å². The van der Waals surface area contributed by atoms with Crippen molar-refractivity contribution in [2.24, 2.45) is 5.10 Å². The number of benzene rings is 2. The van der Waals surface area contributed by atoms with Crippen LogP contribution in [0.2, 0.25) is 0 Å². The van der Waals surface area contributed by atoms with Gasteiger partial charge >= 0.3 is 0 Å². The first-order chi connectivity index (χ1) is 11.5. The number of nitrogens with one attached hydrogen (secondary N) is 1. The number of aryl methyl sites for hydroxylation is 2. The van der Waals surface area contributed by atoms with E-state index in [9.17, 15) is 14.9 Å². The van der Waals surface area contributed by atoms with Gasteiger partial charge in [0, 0.05) is 12.1 Å². The van der Waals surface area contributed by atoms with Gasteiger partial charge in [-0.1, -0.05) is 6.07 Å². The number of hydrogen-bond donors (Lipinski definition) is 1. The van der Waals surface area contributed by atoms with Crippen LogP contribution in [-0.2, 0) is 4.79 Å². The maximum absolute atomic E-state index is 11.7. The monoisotopic (exact) mass is 327 g/mol. The molecular weight excluding hydrogens is 310 g/mol. The van der Waals surface area contributed by atoms with Crippen LogP contribution in [0.3, 0.4) is 0 Å². The lowest BCUT2D eigenvalue weighted by molar-refractivity contribution is -0.384. The van der Waals surface area contributed by atoms with Crippen molar-refractivity contribution in [1.29, 1.82) is 0 Å². The molecule has 2 aromatic carbocycles. The predicted molar refractivity (Wildman–Crippen MR) is 90.2 cm³/mol. The van der Waals surface area contributed by atoms with Gasteiger partial charge in [-0.25, -0.2) is 5.43 Å². The Kier molecular flexibility index (Phi) is 5.62. The van der Waals surface area contributed by atoms with E-state index in [4.69, 9.17) is 4.74 Å². The van der Waals surface area contributed by atoms with E-state index >= 15 is 0 Å². The molecule has 0 spiro atoms. The topological polar surface area (TPSA) is 93.8 Å². The fourth-order valence-corrected chi connectivity index (χ4v) is 1.85. The van der Waals surface area contributed by atoms with E-state index < -0.39 is 10.8 Å². The fraction of sp³-hybridized carbons (Fsp3) is 0.176. The molecule has 124 valence electrons. The molecule has 0 aliphatic carbocycles. The van der Waals surface area contributed by atoms with Crippen LogP contribution in [0.5, 0.6) is 5.75 Å². The number of ether oxygens (including phenoxy) is 1. The molecule has 0 radical (unpaired) electrons. The lowest BCUT2D eigenvalue weighted by atomic mass is 10.1. The molecule has 0 bridgehead atoms. The Bertz CT molecular complexity index is 770. The summed E-state index contributed by atoms with van der Waals surface area (Å²) in [6.45, 7) is 3.82. The van der Waals surface area contributed by atoms with Crippen molar-refractivity contribution in [2.45, 2.75) is 13.8 Å². The Balaban J connectivity index is 1.81. The number of nitro groups is 1. The average molecular weight is 327 g/mol. The van der Waals surface area contributed by atoms with Gasteiger partial charge in [0.25, 0.3) is 11.6 Å². The average Bonchev–Trinajstić information content (AvgIpc) is 2.56. The number of rotatable bonds is 6. The van der Waals surface area contributed by atoms with Crippen LogP contribution >= 0.6 is 0 Å². The first-order valence-electron chi connectivity index (χ1n) is 7.22. The minimum absolute atomic E-state index is 0.00187. The summed E-state index contributed by atoms with van der Waals surface area (Å²) in [7, 11) is 0. The van der Waals surface area contributed by atoms with Gasteiger partial charge in [0.1, 0.15) is 5.75 Å². The largest absolute Gasteiger partial charge is 0.484 e. The van der Waals surface area contributed by atoms with Crippen LogP contribution in [0, 0.1) is 24.0 Å². The molecule has 2 rings (SSSR count). The number of amides is 1. The standard InChI is InChI=1S/C17H17N3O4/c1-12-3-8-16(9-13(12)2)24-11-17(21)19-18-10-14-4-6-15(7-5-14)20(22)23/h3-10H,11H2,1-2H3,(H,19,21)/b18-10+. The van der Waals surface area contributed by atoms with E-state index in [1.165, 1.54) is 18.3 Å². The van der Waals surface area contributed by atoms with Crippen molar-refractivity contribution in [1.82, 2.24) is 5.43 Å². The van der Waals surface area contributed by atoms with E-state index in [2.05, 4.69) is 10.5 Å². The smallest absolute Gasteiger partial charge is 0.277 e. The molecule has 1 amide bonds. The van der Waals surface area contributed by atoms with Gasteiger partial charge in [0.15, 0.2) is 6.61 Å². The second-order valence-electron chi connectivity index (χ2n) is 5.18. The van der Waals surface area contributed by atoms with E-state index in [0.29, 0.717) is 11.3 Å². The molecular formula is C17H17N3O4. The van der Waals surface area contributed by atoms with Gasteiger partial charge in [-0.15, -0.1) is 0 Å². The normalized spacial score (nSPS) is 10.6. The number of non-ortho nitro benzene ring substituents is 1. The predicted octanol–water partition coefficient (Wildman–Crippen LogP) is 2.74. The molecule has 0 atom stereocenters. The molecule has 0 aliphatic rings. The number of hydrogen-bond acceptors (Lipinski definition) is 5. The van der Waals surface area contributed by atoms with E-state index in [1.54, 1.807) is 18.2 Å². The maximum atomic E-state index is 11.7. The number of carbonyl (C=O) groups excluding carboxylic acids is 1. The van der Waals surface area contributed by atoms with Crippen LogP contribution in [0.4, 0.5) is 5.69 Å². The number of nitrogens with zero attached hydrogens (tertiary/aromatic N) is 2. The Hall–Kier alpha value is -3.22. The Morgan fingerprint density at radius 1 is 1.21 bits per heavy atom. The van der Waals surface area contributed by atoms with Gasteiger partial charge < -0.3 is 4.74 Å². The maximum Gasteiger partial charge on any atom is 0.277 e. The highest BCUT2D eigenvalue weighted by Crippen LogP contribution is 2.16. The van der Waals surface area contributed by atoms with Crippen LogP contribution in [0.25, 0.3) is 0 Å². The second kappa shape index (κ2) is 7.87. The molecule has 7 nitrogen and oxygen atoms in total. The summed E-state index contributed by atoms with van der Waals surface area (Å²) >= 11 is 0. The minimum Gasteiger partial charge on any atom is -0.484 e. The SMILES string of the molecule is Cc1ccc(OCC(=O)N/N=C/c2ccc([N+](=O)[O-])cc2)cc1C. The first kappa shape index (κ1) is 17.1. The summed E-state index contributed by atoms with van der Waals surface area (Å²) in [5.41, 5.74) is 5.21. The minimum atomic E-state index is -0.479. The van der Waals surface area contributed by atoms with Gasteiger partial charge in [-0.3, -0.25) is 14.9 Å². The molecule has 0 saturated heterocycles. The molecule has 1 N–H and O–H groups in total. The summed E-state index contributed by atoms with van der Waals surface area (Å²) in [5, 5.41) is 14.3. The number of nitro benzene ring substituents is 1. The Labute approximate surface area is 139 Å². The molecule has 0 fully saturated rings. The third kappa shape index (κ3) is 4.91. The summed E-state index contributed by atoms with van der Waals surface area (Å²) in [5.74, 6) is 0.221.